The number of hydrogen-bond acceptors (Lipinski definition) is 2. The first-order valence-electron chi connectivity index (χ1n) is 11.5. The standard InChI is InChI=1S/C26H35Cl2NOSi/c1-26(2,3)31(4,5)30-25(19-9-8-10-21(28)17-19)24(18-13-15-20(27)16-14-18)29-22-11-6-7-12-23(22)29/h8-10,13-17,22-25H,6-7,11-12H2,1-5H3/t22?,23?,24-,25-,29?/m1/s1. The van der Waals surface area contributed by atoms with Crippen molar-refractivity contribution in [3.05, 3.63) is 69.7 Å². The molecule has 4 rings (SSSR count). The van der Waals surface area contributed by atoms with Crippen LogP contribution in [0.15, 0.2) is 48.5 Å². The lowest BCUT2D eigenvalue weighted by Crippen LogP contribution is -2.43. The Bertz CT molecular complexity index is 896. The summed E-state index contributed by atoms with van der Waals surface area (Å²) < 4.78 is 7.20. The van der Waals surface area contributed by atoms with Crippen molar-refractivity contribution in [3.63, 3.8) is 0 Å². The van der Waals surface area contributed by atoms with Crippen molar-refractivity contribution in [1.82, 2.24) is 4.90 Å². The van der Waals surface area contributed by atoms with E-state index < -0.39 is 8.32 Å². The Morgan fingerprint density at radius 3 is 2.06 bits per heavy atom. The van der Waals surface area contributed by atoms with Gasteiger partial charge in [-0.3, -0.25) is 4.90 Å². The molecule has 2 unspecified atom stereocenters. The molecule has 168 valence electrons. The van der Waals surface area contributed by atoms with Crippen LogP contribution in [-0.2, 0) is 4.43 Å². The van der Waals surface area contributed by atoms with E-state index in [1.807, 2.05) is 24.3 Å². The molecule has 0 radical (unpaired) electrons. The van der Waals surface area contributed by atoms with Crippen LogP contribution in [0.4, 0.5) is 0 Å². The first-order valence-corrected chi connectivity index (χ1v) is 15.2. The summed E-state index contributed by atoms with van der Waals surface area (Å²) >= 11 is 12.7. The molecule has 1 aliphatic heterocycles. The Hall–Kier alpha value is -0.843. The molecule has 2 nitrogen and oxygen atoms in total. The highest BCUT2D eigenvalue weighted by Gasteiger charge is 2.55. The van der Waals surface area contributed by atoms with E-state index in [4.69, 9.17) is 27.6 Å². The van der Waals surface area contributed by atoms with Crippen molar-refractivity contribution in [2.45, 2.75) is 88.8 Å². The summed E-state index contributed by atoms with van der Waals surface area (Å²) in [6.45, 7) is 11.6. The zero-order chi connectivity index (χ0) is 22.4. The van der Waals surface area contributed by atoms with E-state index in [0.717, 1.165) is 10.0 Å². The van der Waals surface area contributed by atoms with Gasteiger partial charge in [0.05, 0.1) is 12.1 Å². The Morgan fingerprint density at radius 1 is 0.903 bits per heavy atom. The Kier molecular flexibility index (Phi) is 6.64. The average molecular weight is 477 g/mol. The van der Waals surface area contributed by atoms with Gasteiger partial charge in [0, 0.05) is 22.1 Å². The van der Waals surface area contributed by atoms with Gasteiger partial charge < -0.3 is 4.43 Å². The third-order valence-electron chi connectivity index (χ3n) is 7.59. The zero-order valence-electron chi connectivity index (χ0n) is 19.4. The molecule has 0 amide bonds. The molecule has 2 aromatic carbocycles. The van der Waals surface area contributed by atoms with Crippen LogP contribution in [0, 0.1) is 0 Å². The van der Waals surface area contributed by atoms with Gasteiger partial charge in [0.25, 0.3) is 0 Å². The highest BCUT2D eigenvalue weighted by Crippen LogP contribution is 2.53. The SMILES string of the molecule is CC(C)(C)[Si](C)(C)O[C@H](c1cccc(Cl)c1)[C@@H](c1ccc(Cl)cc1)N1C2CCCCC21. The minimum atomic E-state index is -2.04. The van der Waals surface area contributed by atoms with Crippen LogP contribution in [0.1, 0.15) is 69.7 Å². The molecule has 1 saturated heterocycles. The highest BCUT2D eigenvalue weighted by atomic mass is 35.5. The smallest absolute Gasteiger partial charge is 0.193 e. The molecular formula is C26H35Cl2NOSi. The van der Waals surface area contributed by atoms with Gasteiger partial charge >= 0.3 is 0 Å². The zero-order valence-corrected chi connectivity index (χ0v) is 21.9. The van der Waals surface area contributed by atoms with E-state index in [-0.39, 0.29) is 17.2 Å². The summed E-state index contributed by atoms with van der Waals surface area (Å²) in [5.41, 5.74) is 2.45. The molecule has 4 atom stereocenters. The quantitative estimate of drug-likeness (QED) is 0.306. The van der Waals surface area contributed by atoms with E-state index in [9.17, 15) is 0 Å². The summed E-state index contributed by atoms with van der Waals surface area (Å²) in [6.07, 6.45) is 5.17. The monoisotopic (exact) mass is 475 g/mol. The maximum absolute atomic E-state index is 7.20. The van der Waals surface area contributed by atoms with Gasteiger partial charge in [0.1, 0.15) is 0 Å². The van der Waals surface area contributed by atoms with E-state index in [2.05, 4.69) is 63.0 Å². The van der Waals surface area contributed by atoms with Crippen LogP contribution < -0.4 is 0 Å². The summed E-state index contributed by atoms with van der Waals surface area (Å²) in [5.74, 6) is 0. The van der Waals surface area contributed by atoms with Gasteiger partial charge in [-0.15, -0.1) is 0 Å². The molecule has 1 heterocycles. The lowest BCUT2D eigenvalue weighted by molar-refractivity contribution is 0.0996. The minimum absolute atomic E-state index is 0.0635. The lowest BCUT2D eigenvalue weighted by atomic mass is 9.95. The van der Waals surface area contributed by atoms with Crippen molar-refractivity contribution in [2.24, 2.45) is 0 Å². The summed E-state index contributed by atoms with van der Waals surface area (Å²) in [5, 5.41) is 1.66. The Morgan fingerprint density at radius 2 is 1.52 bits per heavy atom. The molecule has 31 heavy (non-hydrogen) atoms. The number of rotatable bonds is 6. The molecule has 2 fully saturated rings. The third kappa shape index (κ3) is 4.91. The summed E-state index contributed by atoms with van der Waals surface area (Å²) in [4.78, 5) is 2.72. The maximum atomic E-state index is 7.20. The maximum Gasteiger partial charge on any atom is 0.193 e. The second-order valence-electron chi connectivity index (χ2n) is 10.7. The van der Waals surface area contributed by atoms with Crippen LogP contribution in [0.3, 0.4) is 0 Å². The highest BCUT2D eigenvalue weighted by molar-refractivity contribution is 6.74. The first kappa shape index (κ1) is 23.3. The Balaban J connectivity index is 1.80. The number of benzene rings is 2. The minimum Gasteiger partial charge on any atom is -0.408 e. The normalized spacial score (nSPS) is 25.6. The van der Waals surface area contributed by atoms with E-state index >= 15 is 0 Å². The number of halogens is 2. The molecule has 2 aromatic rings. The van der Waals surface area contributed by atoms with E-state index in [1.54, 1.807) is 0 Å². The molecule has 2 aliphatic rings. The van der Waals surface area contributed by atoms with E-state index in [0.29, 0.717) is 12.1 Å². The fourth-order valence-corrected chi connectivity index (χ4v) is 6.39. The fraction of sp³-hybridized carbons (Fsp3) is 0.538. The van der Waals surface area contributed by atoms with Crippen LogP contribution in [0.5, 0.6) is 0 Å². The molecule has 0 bridgehead atoms. The molecule has 5 heteroatoms. The molecule has 0 N–H and O–H groups in total. The predicted octanol–water partition coefficient (Wildman–Crippen LogP) is 8.42. The van der Waals surface area contributed by atoms with Gasteiger partial charge in [-0.2, -0.15) is 0 Å². The summed E-state index contributed by atoms with van der Waals surface area (Å²) in [7, 11) is -2.04. The van der Waals surface area contributed by atoms with E-state index in [1.165, 1.54) is 36.8 Å². The second-order valence-corrected chi connectivity index (χ2v) is 16.3. The largest absolute Gasteiger partial charge is 0.408 e. The van der Waals surface area contributed by atoms with Crippen LogP contribution in [0.25, 0.3) is 0 Å². The molecule has 0 spiro atoms. The van der Waals surface area contributed by atoms with Crippen LogP contribution in [0.2, 0.25) is 28.2 Å². The van der Waals surface area contributed by atoms with Crippen LogP contribution in [-0.4, -0.2) is 25.3 Å². The molecule has 1 aliphatic carbocycles. The van der Waals surface area contributed by atoms with Crippen molar-refractivity contribution in [1.29, 1.82) is 0 Å². The van der Waals surface area contributed by atoms with Gasteiger partial charge in [-0.25, -0.2) is 0 Å². The predicted molar refractivity (Wildman–Crippen MR) is 135 cm³/mol. The first-order chi connectivity index (χ1) is 14.6. The average Bonchev–Trinajstić information content (AvgIpc) is 3.42. The molecule has 0 aromatic heterocycles. The number of hydrogen-bond donors (Lipinski definition) is 0. The third-order valence-corrected chi connectivity index (χ3v) is 12.5. The van der Waals surface area contributed by atoms with Crippen molar-refractivity contribution >= 4 is 31.5 Å². The van der Waals surface area contributed by atoms with Gasteiger partial charge in [0.15, 0.2) is 8.32 Å². The van der Waals surface area contributed by atoms with Gasteiger partial charge in [0.2, 0.25) is 0 Å². The van der Waals surface area contributed by atoms with Gasteiger partial charge in [-0.05, 0) is 66.4 Å². The van der Waals surface area contributed by atoms with Crippen molar-refractivity contribution < 1.29 is 4.43 Å². The van der Waals surface area contributed by atoms with Crippen molar-refractivity contribution in [3.8, 4) is 0 Å². The molecular weight excluding hydrogens is 441 g/mol. The second kappa shape index (κ2) is 8.83. The van der Waals surface area contributed by atoms with Crippen LogP contribution >= 0.6 is 23.2 Å². The van der Waals surface area contributed by atoms with Crippen molar-refractivity contribution in [2.75, 3.05) is 0 Å². The topological polar surface area (TPSA) is 12.2 Å². The van der Waals surface area contributed by atoms with Gasteiger partial charge in [-0.1, -0.05) is 81.1 Å². The molecule has 1 saturated carbocycles. The number of nitrogens with zero attached hydrogens (tertiary/aromatic N) is 1. The summed E-state index contributed by atoms with van der Waals surface area (Å²) in [6, 6.07) is 18.2. The number of fused-ring (bicyclic) bond motifs is 1. The fourth-order valence-electron chi connectivity index (χ4n) is 4.81. The lowest BCUT2D eigenvalue weighted by Gasteiger charge is -2.42. The number of likely N-dealkylation sites (tertiary alicyclic amines) is 1. The Labute approximate surface area is 199 Å².